The van der Waals surface area contributed by atoms with Gasteiger partial charge >= 0.3 is 5.97 Å². The van der Waals surface area contributed by atoms with Gasteiger partial charge in [-0.2, -0.15) is 5.26 Å². The van der Waals surface area contributed by atoms with Gasteiger partial charge < -0.3 is 10.1 Å². The summed E-state index contributed by atoms with van der Waals surface area (Å²) >= 11 is 0. The number of benzene rings is 1. The van der Waals surface area contributed by atoms with Crippen molar-refractivity contribution in [2.75, 3.05) is 6.61 Å². The van der Waals surface area contributed by atoms with Crippen LogP contribution in [-0.4, -0.2) is 28.9 Å². The van der Waals surface area contributed by atoms with E-state index in [2.05, 4.69) is 11.4 Å². The number of aryl methyl sites for hydroxylation is 1. The van der Waals surface area contributed by atoms with Crippen molar-refractivity contribution in [3.8, 4) is 6.07 Å². The van der Waals surface area contributed by atoms with Crippen molar-refractivity contribution in [1.29, 1.82) is 5.26 Å². The average Bonchev–Trinajstić information content (AvgIpc) is 3.01. The Morgan fingerprint density at radius 1 is 1.42 bits per heavy atom. The van der Waals surface area contributed by atoms with Gasteiger partial charge in [0.2, 0.25) is 0 Å². The van der Waals surface area contributed by atoms with Crippen molar-refractivity contribution in [1.82, 2.24) is 5.32 Å². The second-order valence-electron chi connectivity index (χ2n) is 5.78. The summed E-state index contributed by atoms with van der Waals surface area (Å²) in [6.45, 7) is 1.01. The highest BCUT2D eigenvalue weighted by molar-refractivity contribution is 5.92. The summed E-state index contributed by atoms with van der Waals surface area (Å²) < 4.78 is 4.91. The van der Waals surface area contributed by atoms with Crippen molar-refractivity contribution in [3.63, 3.8) is 0 Å². The lowest BCUT2D eigenvalue weighted by atomic mass is 10.00. The van der Waals surface area contributed by atoms with E-state index in [9.17, 15) is 25.0 Å². The van der Waals surface area contributed by atoms with Gasteiger partial charge in [-0.05, 0) is 44.7 Å². The molecule has 0 spiro atoms. The van der Waals surface area contributed by atoms with Crippen LogP contribution in [0.25, 0.3) is 0 Å². The second kappa shape index (κ2) is 7.08. The number of hydrogen-bond acceptors (Lipinski definition) is 6. The van der Waals surface area contributed by atoms with Gasteiger partial charge in [-0.3, -0.25) is 14.9 Å². The number of nitro benzene ring substituents is 1. The van der Waals surface area contributed by atoms with Gasteiger partial charge in [0.25, 0.3) is 11.6 Å². The van der Waals surface area contributed by atoms with Crippen LogP contribution in [0, 0.1) is 28.4 Å². The molecule has 2 rings (SSSR count). The zero-order chi connectivity index (χ0) is 17.7. The van der Waals surface area contributed by atoms with E-state index in [-0.39, 0.29) is 11.3 Å². The highest BCUT2D eigenvalue weighted by Crippen LogP contribution is 2.28. The maximum Gasteiger partial charge on any atom is 0.338 e. The molecule has 1 amide bonds. The normalized spacial score (nSPS) is 15.3. The van der Waals surface area contributed by atoms with Gasteiger partial charge in [0.05, 0.1) is 16.6 Å². The molecule has 1 aromatic carbocycles. The molecule has 0 atom stereocenters. The molecule has 0 radical (unpaired) electrons. The Balaban J connectivity index is 1.93. The van der Waals surface area contributed by atoms with Crippen LogP contribution < -0.4 is 5.32 Å². The molecule has 0 saturated heterocycles. The predicted molar refractivity (Wildman–Crippen MR) is 83.1 cm³/mol. The minimum Gasteiger partial charge on any atom is -0.452 e. The molecule has 1 aliphatic carbocycles. The lowest BCUT2D eigenvalue weighted by Crippen LogP contribution is -2.46. The molecule has 1 fully saturated rings. The van der Waals surface area contributed by atoms with Crippen LogP contribution in [0.15, 0.2) is 18.2 Å². The summed E-state index contributed by atoms with van der Waals surface area (Å²) in [7, 11) is 0. The van der Waals surface area contributed by atoms with Crippen molar-refractivity contribution in [3.05, 3.63) is 39.4 Å². The number of amides is 1. The Kier molecular flexibility index (Phi) is 5.14. The quantitative estimate of drug-likeness (QED) is 0.500. The van der Waals surface area contributed by atoms with Gasteiger partial charge in [-0.15, -0.1) is 0 Å². The molecule has 0 unspecified atom stereocenters. The topological polar surface area (TPSA) is 122 Å². The SMILES string of the molecule is Cc1cc(C(=O)OCC(=O)NC2(C#N)CCCC2)ccc1[N+](=O)[O-]. The Bertz CT molecular complexity index is 717. The average molecular weight is 331 g/mol. The number of rotatable bonds is 5. The third kappa shape index (κ3) is 3.87. The number of nitro groups is 1. The molecule has 1 N–H and O–H groups in total. The van der Waals surface area contributed by atoms with E-state index < -0.39 is 28.9 Å². The van der Waals surface area contributed by atoms with Crippen molar-refractivity contribution in [2.24, 2.45) is 0 Å². The molecule has 0 bridgehead atoms. The van der Waals surface area contributed by atoms with Crippen LogP contribution >= 0.6 is 0 Å². The van der Waals surface area contributed by atoms with Gasteiger partial charge in [0.1, 0.15) is 5.54 Å². The largest absolute Gasteiger partial charge is 0.452 e. The number of nitrogens with zero attached hydrogens (tertiary/aromatic N) is 2. The monoisotopic (exact) mass is 331 g/mol. The first-order chi connectivity index (χ1) is 11.4. The van der Waals surface area contributed by atoms with Crippen LogP contribution in [0.5, 0.6) is 0 Å². The minimum absolute atomic E-state index is 0.0958. The number of carbonyl (C=O) groups excluding carboxylic acids is 2. The first-order valence-electron chi connectivity index (χ1n) is 7.51. The number of esters is 1. The fourth-order valence-corrected chi connectivity index (χ4v) is 2.75. The van der Waals surface area contributed by atoms with Gasteiger partial charge in [-0.1, -0.05) is 0 Å². The molecular weight excluding hydrogens is 314 g/mol. The molecule has 0 aromatic heterocycles. The first-order valence-corrected chi connectivity index (χ1v) is 7.51. The van der Waals surface area contributed by atoms with Crippen LogP contribution in [0.4, 0.5) is 5.69 Å². The van der Waals surface area contributed by atoms with Gasteiger partial charge in [-0.25, -0.2) is 4.79 Å². The highest BCUT2D eigenvalue weighted by atomic mass is 16.6. The molecule has 1 aliphatic rings. The van der Waals surface area contributed by atoms with E-state index in [1.54, 1.807) is 0 Å². The lowest BCUT2D eigenvalue weighted by Gasteiger charge is -2.21. The molecule has 1 saturated carbocycles. The number of nitrogens with one attached hydrogen (secondary N) is 1. The molecule has 1 aromatic rings. The maximum atomic E-state index is 11.9. The summed E-state index contributed by atoms with van der Waals surface area (Å²) in [6, 6.07) is 5.95. The van der Waals surface area contributed by atoms with E-state index in [1.807, 2.05) is 0 Å². The zero-order valence-electron chi connectivity index (χ0n) is 13.2. The van der Waals surface area contributed by atoms with E-state index in [0.717, 1.165) is 12.8 Å². The molecule has 24 heavy (non-hydrogen) atoms. The van der Waals surface area contributed by atoms with Crippen LogP contribution in [-0.2, 0) is 9.53 Å². The molecule has 8 nitrogen and oxygen atoms in total. The van der Waals surface area contributed by atoms with Crippen LogP contribution in [0.2, 0.25) is 0 Å². The molecule has 8 heteroatoms. The van der Waals surface area contributed by atoms with Crippen LogP contribution in [0.3, 0.4) is 0 Å². The first kappa shape index (κ1) is 17.4. The molecular formula is C16H17N3O5. The summed E-state index contributed by atoms with van der Waals surface area (Å²) in [4.78, 5) is 34.0. The third-order valence-corrected chi connectivity index (χ3v) is 4.01. The maximum absolute atomic E-state index is 11.9. The summed E-state index contributed by atoms with van der Waals surface area (Å²) in [5, 5.41) is 22.6. The smallest absolute Gasteiger partial charge is 0.338 e. The minimum atomic E-state index is -0.868. The molecule has 0 heterocycles. The van der Waals surface area contributed by atoms with Crippen LogP contribution in [0.1, 0.15) is 41.6 Å². The third-order valence-electron chi connectivity index (χ3n) is 4.01. The number of ether oxygens (including phenoxy) is 1. The van der Waals surface area contributed by atoms with Crippen molar-refractivity contribution >= 4 is 17.6 Å². The lowest BCUT2D eigenvalue weighted by molar-refractivity contribution is -0.385. The second-order valence-corrected chi connectivity index (χ2v) is 5.78. The Morgan fingerprint density at radius 2 is 2.08 bits per heavy atom. The summed E-state index contributed by atoms with van der Waals surface area (Å²) in [5.74, 6) is -1.29. The Morgan fingerprint density at radius 3 is 2.62 bits per heavy atom. The van der Waals surface area contributed by atoms with Gasteiger partial charge in [0, 0.05) is 11.6 Å². The van der Waals surface area contributed by atoms with E-state index >= 15 is 0 Å². The fraction of sp³-hybridized carbons (Fsp3) is 0.438. The van der Waals surface area contributed by atoms with Crippen molar-refractivity contribution < 1.29 is 19.2 Å². The predicted octanol–water partition coefficient (Wildman–Crippen LogP) is 2.01. The number of hydrogen-bond donors (Lipinski definition) is 1. The zero-order valence-corrected chi connectivity index (χ0v) is 13.2. The number of nitriles is 1. The summed E-state index contributed by atoms with van der Waals surface area (Å²) in [6.07, 6.45) is 2.92. The van der Waals surface area contributed by atoms with E-state index in [0.29, 0.717) is 18.4 Å². The summed E-state index contributed by atoms with van der Waals surface area (Å²) in [5.41, 5.74) is -0.510. The van der Waals surface area contributed by atoms with Gasteiger partial charge in [0.15, 0.2) is 6.61 Å². The van der Waals surface area contributed by atoms with E-state index in [4.69, 9.17) is 4.74 Å². The highest BCUT2D eigenvalue weighted by Gasteiger charge is 2.35. The molecule has 126 valence electrons. The molecule has 0 aliphatic heterocycles. The Hall–Kier alpha value is -2.95. The Labute approximate surface area is 138 Å². The van der Waals surface area contributed by atoms with E-state index in [1.165, 1.54) is 25.1 Å². The number of carbonyl (C=O) groups is 2. The fourth-order valence-electron chi connectivity index (χ4n) is 2.75. The van der Waals surface area contributed by atoms with Crippen molar-refractivity contribution in [2.45, 2.75) is 38.1 Å². The standard InChI is InChI=1S/C16H17N3O5/c1-11-8-12(4-5-13(11)19(22)23)15(21)24-9-14(20)18-16(10-17)6-2-3-7-16/h4-5,8H,2-3,6-7,9H2,1H3,(H,18,20).